The van der Waals surface area contributed by atoms with Gasteiger partial charge in [0.1, 0.15) is 5.00 Å². The minimum Gasteiger partial charge on any atom is -0.493 e. The maximum atomic E-state index is 12.5. The van der Waals surface area contributed by atoms with E-state index in [1.165, 1.54) is 38.7 Å². The van der Waals surface area contributed by atoms with E-state index in [0.717, 1.165) is 29.7 Å². The molecule has 1 aromatic heterocycles. The third kappa shape index (κ3) is 4.43. The number of nitrogens with one attached hydrogen (secondary N) is 1. The lowest BCUT2D eigenvalue weighted by atomic mass is 10.1. The summed E-state index contributed by atoms with van der Waals surface area (Å²) in [7, 11) is 4.59. The average molecular weight is 432 g/mol. The fourth-order valence-electron chi connectivity index (χ4n) is 3.43. The maximum absolute atomic E-state index is 12.5. The lowest BCUT2D eigenvalue weighted by Crippen LogP contribution is -2.13. The predicted octanol–water partition coefficient (Wildman–Crippen LogP) is 4.09. The summed E-state index contributed by atoms with van der Waals surface area (Å²) in [6.45, 7) is 2.06. The zero-order chi connectivity index (χ0) is 21.7. The third-order valence-electron chi connectivity index (χ3n) is 4.75. The Morgan fingerprint density at radius 3 is 2.40 bits per heavy atom. The number of amides is 1. The van der Waals surface area contributed by atoms with E-state index < -0.39 is 0 Å². The Bertz CT molecular complexity index is 953. The molecule has 1 amide bonds. The van der Waals surface area contributed by atoms with Crippen molar-refractivity contribution in [1.29, 1.82) is 0 Å². The molecule has 0 saturated heterocycles. The zero-order valence-corrected chi connectivity index (χ0v) is 18.3. The first-order chi connectivity index (χ1) is 14.5. The van der Waals surface area contributed by atoms with Crippen molar-refractivity contribution in [3.63, 3.8) is 0 Å². The lowest BCUT2D eigenvalue weighted by molar-refractivity contribution is -0.111. The van der Waals surface area contributed by atoms with E-state index in [-0.39, 0.29) is 18.5 Å². The first kappa shape index (κ1) is 21.7. The van der Waals surface area contributed by atoms with Crippen LogP contribution in [0.1, 0.15) is 39.7 Å². The number of thiophene rings is 1. The summed E-state index contributed by atoms with van der Waals surface area (Å²) in [4.78, 5) is 26.1. The molecule has 0 aliphatic heterocycles. The number of ether oxygens (including phenoxy) is 4. The minimum atomic E-state index is -0.388. The van der Waals surface area contributed by atoms with Gasteiger partial charge in [0, 0.05) is 11.0 Å². The van der Waals surface area contributed by atoms with Crippen molar-refractivity contribution in [2.75, 3.05) is 33.3 Å². The molecule has 160 valence electrons. The number of methoxy groups -OCH3 is 3. The van der Waals surface area contributed by atoms with Crippen molar-refractivity contribution in [1.82, 2.24) is 0 Å². The molecule has 1 N–H and O–H groups in total. The second kappa shape index (κ2) is 9.67. The maximum Gasteiger partial charge on any atom is 0.341 e. The summed E-state index contributed by atoms with van der Waals surface area (Å²) < 4.78 is 21.2. The summed E-state index contributed by atoms with van der Waals surface area (Å²) in [6, 6.07) is 3.49. The van der Waals surface area contributed by atoms with Crippen molar-refractivity contribution < 1.29 is 28.5 Å². The number of anilines is 1. The molecule has 0 unspecified atom stereocenters. The lowest BCUT2D eigenvalue weighted by Gasteiger charge is -2.12. The van der Waals surface area contributed by atoms with Gasteiger partial charge >= 0.3 is 5.97 Å². The highest BCUT2D eigenvalue weighted by atomic mass is 32.1. The number of carbonyl (C=O) groups is 2. The largest absolute Gasteiger partial charge is 0.493 e. The quantitative estimate of drug-likeness (QED) is 0.501. The molecular formula is C22H25NO6S. The normalized spacial score (nSPS) is 12.5. The molecule has 0 bridgehead atoms. The van der Waals surface area contributed by atoms with Crippen LogP contribution in [0.5, 0.6) is 17.2 Å². The van der Waals surface area contributed by atoms with Crippen LogP contribution in [0.3, 0.4) is 0 Å². The molecule has 0 spiro atoms. The van der Waals surface area contributed by atoms with Crippen LogP contribution in [0.2, 0.25) is 0 Å². The number of fused-ring (bicyclic) bond motifs is 1. The molecule has 0 fully saturated rings. The smallest absolute Gasteiger partial charge is 0.341 e. The van der Waals surface area contributed by atoms with Crippen molar-refractivity contribution in [3.05, 3.63) is 39.8 Å². The highest BCUT2D eigenvalue weighted by molar-refractivity contribution is 7.17. The van der Waals surface area contributed by atoms with Gasteiger partial charge in [0.15, 0.2) is 11.5 Å². The highest BCUT2D eigenvalue weighted by Gasteiger charge is 2.28. The highest BCUT2D eigenvalue weighted by Crippen LogP contribution is 2.40. The Morgan fingerprint density at radius 2 is 1.80 bits per heavy atom. The Labute approximate surface area is 179 Å². The molecule has 0 saturated carbocycles. The van der Waals surface area contributed by atoms with E-state index in [0.29, 0.717) is 33.4 Å². The van der Waals surface area contributed by atoms with Gasteiger partial charge in [-0.25, -0.2) is 4.79 Å². The number of benzene rings is 1. The number of aryl methyl sites for hydroxylation is 1. The van der Waals surface area contributed by atoms with Gasteiger partial charge in [-0.3, -0.25) is 4.79 Å². The van der Waals surface area contributed by atoms with Gasteiger partial charge in [-0.1, -0.05) is 0 Å². The number of hydrogen-bond acceptors (Lipinski definition) is 7. The van der Waals surface area contributed by atoms with Crippen LogP contribution < -0.4 is 19.5 Å². The van der Waals surface area contributed by atoms with Crippen LogP contribution in [0.15, 0.2) is 18.2 Å². The summed E-state index contributed by atoms with van der Waals surface area (Å²) >= 11 is 1.45. The first-order valence-corrected chi connectivity index (χ1v) is 10.4. The topological polar surface area (TPSA) is 83.1 Å². The van der Waals surface area contributed by atoms with Gasteiger partial charge in [0.25, 0.3) is 0 Å². The summed E-state index contributed by atoms with van der Waals surface area (Å²) in [5.41, 5.74) is 2.20. The Morgan fingerprint density at radius 1 is 1.10 bits per heavy atom. The molecule has 2 aromatic rings. The molecule has 1 aromatic carbocycles. The van der Waals surface area contributed by atoms with E-state index in [2.05, 4.69) is 5.32 Å². The van der Waals surface area contributed by atoms with E-state index in [1.54, 1.807) is 25.1 Å². The minimum absolute atomic E-state index is 0.290. The molecule has 30 heavy (non-hydrogen) atoms. The second-order valence-corrected chi connectivity index (χ2v) is 7.67. The standard InChI is InChI=1S/C22H25NO6S/c1-5-29-22(25)19-14-7-6-8-17(14)30-21(19)23-18(24)10-9-13-11-15(26-2)20(28-4)16(12-13)27-3/h9-12H,5-8H2,1-4H3,(H,23,24)/b10-9+. The number of rotatable bonds is 8. The predicted molar refractivity (Wildman–Crippen MR) is 116 cm³/mol. The zero-order valence-electron chi connectivity index (χ0n) is 17.5. The van der Waals surface area contributed by atoms with Crippen LogP contribution in [-0.2, 0) is 22.4 Å². The van der Waals surface area contributed by atoms with Crippen LogP contribution in [0, 0.1) is 0 Å². The fourth-order valence-corrected chi connectivity index (χ4v) is 4.71. The van der Waals surface area contributed by atoms with Gasteiger partial charge in [-0.05, 0) is 55.5 Å². The van der Waals surface area contributed by atoms with Gasteiger partial charge in [0.05, 0.1) is 33.5 Å². The summed E-state index contributed by atoms with van der Waals surface area (Å²) in [6.07, 6.45) is 5.81. The molecule has 1 aliphatic carbocycles. The number of esters is 1. The number of carbonyl (C=O) groups excluding carboxylic acids is 2. The Kier molecular flexibility index (Phi) is 6.99. The van der Waals surface area contributed by atoms with Crippen molar-refractivity contribution in [2.24, 2.45) is 0 Å². The molecule has 1 heterocycles. The SMILES string of the molecule is CCOC(=O)c1c(NC(=O)/C=C/c2cc(OC)c(OC)c(OC)c2)sc2c1CCC2. The Balaban J connectivity index is 1.81. The van der Waals surface area contributed by atoms with Gasteiger partial charge in [0.2, 0.25) is 11.7 Å². The molecule has 0 radical (unpaired) electrons. The third-order valence-corrected chi connectivity index (χ3v) is 5.96. The number of hydrogen-bond donors (Lipinski definition) is 1. The van der Waals surface area contributed by atoms with Gasteiger partial charge < -0.3 is 24.3 Å². The molecule has 0 atom stereocenters. The van der Waals surface area contributed by atoms with Crippen molar-refractivity contribution >= 4 is 34.3 Å². The van der Waals surface area contributed by atoms with Gasteiger partial charge in [-0.2, -0.15) is 0 Å². The first-order valence-electron chi connectivity index (χ1n) is 9.63. The van der Waals surface area contributed by atoms with E-state index in [9.17, 15) is 9.59 Å². The monoisotopic (exact) mass is 431 g/mol. The van der Waals surface area contributed by atoms with E-state index in [4.69, 9.17) is 18.9 Å². The Hall–Kier alpha value is -3.00. The molecule has 1 aliphatic rings. The van der Waals surface area contributed by atoms with Crippen molar-refractivity contribution in [3.8, 4) is 17.2 Å². The van der Waals surface area contributed by atoms with Gasteiger partial charge in [-0.15, -0.1) is 11.3 Å². The molecule has 3 rings (SSSR count). The van der Waals surface area contributed by atoms with Crippen LogP contribution in [0.25, 0.3) is 6.08 Å². The van der Waals surface area contributed by atoms with Crippen LogP contribution >= 0.6 is 11.3 Å². The average Bonchev–Trinajstić information content (AvgIpc) is 3.32. The molecule has 7 nitrogen and oxygen atoms in total. The summed E-state index contributed by atoms with van der Waals surface area (Å²) in [5, 5.41) is 3.37. The van der Waals surface area contributed by atoms with Crippen LogP contribution in [0.4, 0.5) is 5.00 Å². The fraction of sp³-hybridized carbons (Fsp3) is 0.364. The van der Waals surface area contributed by atoms with Crippen molar-refractivity contribution in [2.45, 2.75) is 26.2 Å². The van der Waals surface area contributed by atoms with E-state index in [1.807, 2.05) is 0 Å². The van der Waals surface area contributed by atoms with E-state index >= 15 is 0 Å². The second-order valence-electron chi connectivity index (χ2n) is 6.56. The summed E-state index contributed by atoms with van der Waals surface area (Å²) in [5.74, 6) is 0.746. The molecule has 8 heteroatoms. The molecular weight excluding hydrogens is 406 g/mol. The van der Waals surface area contributed by atoms with Crippen LogP contribution in [-0.4, -0.2) is 39.8 Å².